The van der Waals surface area contributed by atoms with Gasteiger partial charge in [0, 0.05) is 65.8 Å². The highest BCUT2D eigenvalue weighted by atomic mass is 15.0. The maximum atomic E-state index is 2.40. The molecule has 4 heterocycles. The molecule has 424 valence electrons. The van der Waals surface area contributed by atoms with E-state index in [0.29, 0.717) is 0 Å². The van der Waals surface area contributed by atoms with Crippen molar-refractivity contribution in [2.75, 3.05) is 0 Å². The van der Waals surface area contributed by atoms with Gasteiger partial charge in [0.25, 0.3) is 0 Å². The van der Waals surface area contributed by atoms with Gasteiger partial charge in [0.1, 0.15) is 0 Å². The fourth-order valence-corrected chi connectivity index (χ4v) is 14.1. The van der Waals surface area contributed by atoms with E-state index in [0.717, 1.165) is 0 Å². The Kier molecular flexibility index (Phi) is 12.6. The van der Waals surface area contributed by atoms with Crippen LogP contribution >= 0.6 is 0 Å². The van der Waals surface area contributed by atoms with Crippen molar-refractivity contribution in [3.8, 4) is 67.3 Å². The first-order valence-corrected chi connectivity index (χ1v) is 31.1. The van der Waals surface area contributed by atoms with E-state index in [2.05, 4.69) is 360 Å². The number of hydrogen-bond donors (Lipinski definition) is 0. The van der Waals surface area contributed by atoms with Crippen molar-refractivity contribution in [2.24, 2.45) is 0 Å². The van der Waals surface area contributed by atoms with Gasteiger partial charge >= 0.3 is 0 Å². The second-order valence-electron chi connectivity index (χ2n) is 23.8. The Labute approximate surface area is 522 Å². The summed E-state index contributed by atoms with van der Waals surface area (Å²) in [6, 6.07) is 119. The summed E-state index contributed by atoms with van der Waals surface area (Å²) >= 11 is 0. The van der Waals surface area contributed by atoms with Gasteiger partial charge in [0.2, 0.25) is 0 Å². The van der Waals surface area contributed by atoms with Crippen molar-refractivity contribution in [3.63, 3.8) is 0 Å². The van der Waals surface area contributed by atoms with Crippen molar-refractivity contribution in [2.45, 2.75) is 13.8 Å². The molecule has 0 spiro atoms. The first-order chi connectivity index (χ1) is 44.5. The maximum absolute atomic E-state index is 2.40. The molecule has 18 aromatic rings. The number of aromatic nitrogens is 4. The lowest BCUT2D eigenvalue weighted by Gasteiger charge is -2.11. The number of hydrogen-bond acceptors (Lipinski definition) is 0. The van der Waals surface area contributed by atoms with Crippen molar-refractivity contribution < 1.29 is 0 Å². The van der Waals surface area contributed by atoms with Gasteiger partial charge in [-0.1, -0.05) is 212 Å². The molecule has 18 rings (SSSR count). The molecule has 0 radical (unpaired) electrons. The molecule has 0 aliphatic carbocycles. The third-order valence-electron chi connectivity index (χ3n) is 18.3. The summed E-state index contributed by atoms with van der Waals surface area (Å²) in [5.74, 6) is 0. The Balaban J connectivity index is 0.000000139. The predicted molar refractivity (Wildman–Crippen MR) is 381 cm³/mol. The van der Waals surface area contributed by atoms with Gasteiger partial charge < -0.3 is 18.3 Å². The Bertz CT molecular complexity index is 5800. The zero-order valence-corrected chi connectivity index (χ0v) is 50.0. The van der Waals surface area contributed by atoms with Crippen LogP contribution in [0.1, 0.15) is 11.1 Å². The number of para-hydroxylation sites is 4. The topological polar surface area (TPSA) is 19.7 Å². The lowest BCUT2D eigenvalue weighted by atomic mass is 10.0. The third-order valence-corrected chi connectivity index (χ3v) is 18.3. The van der Waals surface area contributed by atoms with Crippen molar-refractivity contribution >= 4 is 87.2 Å². The molecule has 90 heavy (non-hydrogen) atoms. The number of aryl methyl sites for hydroxylation is 2. The normalized spacial score (nSPS) is 11.7. The molecule has 0 saturated heterocycles. The van der Waals surface area contributed by atoms with E-state index in [1.54, 1.807) is 0 Å². The van der Waals surface area contributed by atoms with Crippen LogP contribution in [0.25, 0.3) is 154 Å². The lowest BCUT2D eigenvalue weighted by Crippen LogP contribution is -1.94. The summed E-state index contributed by atoms with van der Waals surface area (Å²) in [6.45, 7) is 4.29. The lowest BCUT2D eigenvalue weighted by molar-refractivity contribution is 1.17. The average molecular weight is 1150 g/mol. The molecule has 0 fully saturated rings. The second kappa shape index (κ2) is 21.6. The first-order valence-electron chi connectivity index (χ1n) is 31.1. The van der Waals surface area contributed by atoms with Crippen LogP contribution < -0.4 is 0 Å². The second-order valence-corrected chi connectivity index (χ2v) is 23.8. The minimum atomic E-state index is 1.17. The van der Waals surface area contributed by atoms with Gasteiger partial charge in [-0.15, -0.1) is 0 Å². The zero-order chi connectivity index (χ0) is 59.8. The minimum Gasteiger partial charge on any atom is -0.309 e. The van der Waals surface area contributed by atoms with Crippen LogP contribution in [0.5, 0.6) is 0 Å². The molecule has 0 atom stereocenters. The maximum Gasteiger partial charge on any atom is 0.0541 e. The van der Waals surface area contributed by atoms with Crippen LogP contribution in [-0.2, 0) is 0 Å². The van der Waals surface area contributed by atoms with Crippen LogP contribution in [0.15, 0.2) is 328 Å². The highest BCUT2D eigenvalue weighted by molar-refractivity contribution is 6.15. The van der Waals surface area contributed by atoms with Crippen molar-refractivity contribution in [3.05, 3.63) is 339 Å². The molecule has 0 amide bonds. The van der Waals surface area contributed by atoms with Gasteiger partial charge in [-0.05, 0) is 185 Å². The van der Waals surface area contributed by atoms with Gasteiger partial charge in [0.05, 0.1) is 44.1 Å². The highest BCUT2D eigenvalue weighted by Crippen LogP contribution is 2.42. The highest BCUT2D eigenvalue weighted by Gasteiger charge is 2.19. The molecule has 14 aromatic carbocycles. The molecule has 4 aromatic heterocycles. The van der Waals surface area contributed by atoms with E-state index in [9.17, 15) is 0 Å². The number of fused-ring (bicyclic) bond motifs is 12. The fraction of sp³-hybridized carbons (Fsp3) is 0.0233. The summed E-state index contributed by atoms with van der Waals surface area (Å²) in [4.78, 5) is 0. The molecular weight excluding hydrogens is 1090 g/mol. The standard InChI is InChI=1S/2C43H30N2/c1-29-11-9-15-34(25-29)44-40-19-7-5-17-36(40)38-27-32(21-23-42(38)44)33-22-24-43-39(28-33)37-18-6-8-20-41(37)45(43)35-16-10-14-31(26-35)30-12-3-2-4-13-30;1-29-18-22-34(23-19-29)44-40-16-7-5-14-36(40)38-27-32(20-24-42(38)44)33-21-25-43-39(28-33)37-15-6-8-17-41(37)45(43)35-13-9-12-31(26-35)30-10-3-2-4-11-30/h2*2-28H,1H3. The summed E-state index contributed by atoms with van der Waals surface area (Å²) in [5, 5.41) is 10.1. The average Bonchev–Trinajstić information content (AvgIpc) is 1.96. The van der Waals surface area contributed by atoms with Crippen LogP contribution in [0.3, 0.4) is 0 Å². The number of rotatable bonds is 8. The van der Waals surface area contributed by atoms with E-state index in [4.69, 9.17) is 0 Å². The largest absolute Gasteiger partial charge is 0.309 e. The molecule has 4 heteroatoms. The van der Waals surface area contributed by atoms with Gasteiger partial charge in [0.15, 0.2) is 0 Å². The van der Waals surface area contributed by atoms with Crippen LogP contribution in [0, 0.1) is 13.8 Å². The van der Waals surface area contributed by atoms with E-state index in [1.165, 1.54) is 166 Å². The van der Waals surface area contributed by atoms with E-state index < -0.39 is 0 Å². The molecule has 0 aliphatic rings. The summed E-state index contributed by atoms with van der Waals surface area (Å²) in [5.41, 5.74) is 26.8. The Hall–Kier alpha value is -11.7. The van der Waals surface area contributed by atoms with Crippen LogP contribution in [0.4, 0.5) is 0 Å². The molecule has 0 unspecified atom stereocenters. The van der Waals surface area contributed by atoms with E-state index in [-0.39, 0.29) is 0 Å². The zero-order valence-electron chi connectivity index (χ0n) is 50.0. The van der Waals surface area contributed by atoms with Crippen molar-refractivity contribution in [1.82, 2.24) is 18.3 Å². The predicted octanol–water partition coefficient (Wildman–Crippen LogP) is 23.0. The molecular formula is C86H60N4. The number of nitrogens with zero attached hydrogens (tertiary/aromatic N) is 4. The minimum absolute atomic E-state index is 1.17. The smallest absolute Gasteiger partial charge is 0.0541 e. The van der Waals surface area contributed by atoms with Crippen LogP contribution in [0.2, 0.25) is 0 Å². The molecule has 0 saturated carbocycles. The monoisotopic (exact) mass is 1150 g/mol. The summed E-state index contributed by atoms with van der Waals surface area (Å²) in [6.07, 6.45) is 0. The quantitative estimate of drug-likeness (QED) is 0.144. The molecule has 4 nitrogen and oxygen atoms in total. The summed E-state index contributed by atoms with van der Waals surface area (Å²) < 4.78 is 9.58. The van der Waals surface area contributed by atoms with Crippen molar-refractivity contribution in [1.29, 1.82) is 0 Å². The first kappa shape index (κ1) is 52.6. The summed E-state index contributed by atoms with van der Waals surface area (Å²) in [7, 11) is 0. The Morgan fingerprint density at radius 3 is 0.789 bits per heavy atom. The van der Waals surface area contributed by atoms with Crippen LogP contribution in [-0.4, -0.2) is 18.3 Å². The SMILES string of the molecule is Cc1ccc(-n2c3ccccc3c3cc(-c4ccc5c(c4)c4ccccc4n5-c4cccc(-c5ccccc5)c4)ccc32)cc1.Cc1cccc(-n2c3ccccc3c3cc(-c4ccc5c(c4)c4ccccc4n5-c4cccc(-c5ccccc5)c4)ccc32)c1. The molecule has 0 aliphatic heterocycles. The molecule has 0 bridgehead atoms. The Morgan fingerprint density at radius 2 is 0.433 bits per heavy atom. The number of benzene rings is 14. The fourth-order valence-electron chi connectivity index (χ4n) is 14.1. The van der Waals surface area contributed by atoms with Gasteiger partial charge in [-0.3, -0.25) is 0 Å². The van der Waals surface area contributed by atoms with Gasteiger partial charge in [-0.25, -0.2) is 0 Å². The Morgan fingerprint density at radius 1 is 0.156 bits per heavy atom. The van der Waals surface area contributed by atoms with Gasteiger partial charge in [-0.2, -0.15) is 0 Å². The van der Waals surface area contributed by atoms with E-state index in [1.807, 2.05) is 0 Å². The third kappa shape index (κ3) is 8.91. The van der Waals surface area contributed by atoms with E-state index >= 15 is 0 Å². The molecule has 0 N–H and O–H groups in total.